The van der Waals surface area contributed by atoms with E-state index in [9.17, 15) is 4.79 Å². The smallest absolute Gasteiger partial charge is 0.271 e. The molecule has 0 fully saturated rings. The van der Waals surface area contributed by atoms with Gasteiger partial charge in [-0.1, -0.05) is 19.4 Å². The van der Waals surface area contributed by atoms with Crippen molar-refractivity contribution in [2.24, 2.45) is 0 Å². The Bertz CT molecular complexity index is 505. The quantitative estimate of drug-likeness (QED) is 0.905. The lowest BCUT2D eigenvalue weighted by Crippen LogP contribution is -2.28. The number of nitrogens with zero attached hydrogens (tertiary/aromatic N) is 1. The van der Waals surface area contributed by atoms with Gasteiger partial charge in [-0.15, -0.1) is 22.7 Å². The van der Waals surface area contributed by atoms with Crippen LogP contribution in [0.15, 0.2) is 22.9 Å². The minimum Gasteiger partial charge on any atom is -0.343 e. The van der Waals surface area contributed by atoms with E-state index in [-0.39, 0.29) is 11.9 Å². The van der Waals surface area contributed by atoms with Gasteiger partial charge in [-0.2, -0.15) is 0 Å². The lowest BCUT2D eigenvalue weighted by atomic mass is 10.1. The second kappa shape index (κ2) is 6.11. The Balaban J connectivity index is 2.07. The van der Waals surface area contributed by atoms with Crippen LogP contribution < -0.4 is 5.32 Å². The third kappa shape index (κ3) is 3.17. The molecule has 0 saturated carbocycles. The van der Waals surface area contributed by atoms with Gasteiger partial charge in [0.25, 0.3) is 5.91 Å². The number of hydrogen-bond donors (Lipinski definition) is 1. The number of aromatic nitrogens is 1. The van der Waals surface area contributed by atoms with Crippen molar-refractivity contribution in [1.82, 2.24) is 10.3 Å². The summed E-state index contributed by atoms with van der Waals surface area (Å²) in [5, 5.41) is 7.83. The molecule has 2 rings (SSSR count). The van der Waals surface area contributed by atoms with Crippen molar-refractivity contribution in [2.75, 3.05) is 0 Å². The van der Waals surface area contributed by atoms with Gasteiger partial charge >= 0.3 is 0 Å². The number of rotatable bonds is 5. The number of nitrogens with one attached hydrogen (secondary N) is 1. The molecule has 0 aliphatic heterocycles. The lowest BCUT2D eigenvalue weighted by Gasteiger charge is -2.15. The molecule has 1 amide bonds. The molecule has 18 heavy (non-hydrogen) atoms. The largest absolute Gasteiger partial charge is 0.343 e. The highest BCUT2D eigenvalue weighted by Gasteiger charge is 2.17. The maximum atomic E-state index is 12.1. The third-order valence-corrected chi connectivity index (χ3v) is 4.38. The predicted octanol–water partition coefficient (Wildman–Crippen LogP) is 3.78. The fraction of sp³-hybridized carbons (Fsp3) is 0.385. The number of carbonyl (C=O) groups is 1. The van der Waals surface area contributed by atoms with Gasteiger partial charge in [-0.05, 0) is 24.8 Å². The van der Waals surface area contributed by atoms with E-state index in [4.69, 9.17) is 0 Å². The van der Waals surface area contributed by atoms with E-state index in [1.165, 1.54) is 16.2 Å². The standard InChI is InChI=1S/C13H16N2OS2/c1-3-5-10(12-6-4-7-17-12)15-13(16)11-8-18-9(2)14-11/h4,6-8,10H,3,5H2,1-2H3,(H,15,16). The molecule has 0 radical (unpaired) electrons. The first-order valence-electron chi connectivity index (χ1n) is 5.97. The zero-order valence-electron chi connectivity index (χ0n) is 10.5. The Morgan fingerprint density at radius 1 is 1.50 bits per heavy atom. The molecule has 5 heteroatoms. The van der Waals surface area contributed by atoms with E-state index in [1.54, 1.807) is 11.3 Å². The fourth-order valence-electron chi connectivity index (χ4n) is 1.76. The Morgan fingerprint density at radius 3 is 2.89 bits per heavy atom. The van der Waals surface area contributed by atoms with Crippen molar-refractivity contribution in [3.8, 4) is 0 Å². The highest BCUT2D eigenvalue weighted by Crippen LogP contribution is 2.23. The van der Waals surface area contributed by atoms with Crippen LogP contribution in [0.1, 0.15) is 46.2 Å². The number of amides is 1. The van der Waals surface area contributed by atoms with Gasteiger partial charge in [0.1, 0.15) is 5.69 Å². The van der Waals surface area contributed by atoms with Crippen LogP contribution in [0, 0.1) is 6.92 Å². The molecule has 0 spiro atoms. The topological polar surface area (TPSA) is 42.0 Å². The molecule has 0 aliphatic carbocycles. The Kier molecular flexibility index (Phi) is 4.49. The number of thiophene rings is 1. The van der Waals surface area contributed by atoms with Crippen LogP contribution in [0.4, 0.5) is 0 Å². The molecular formula is C13H16N2OS2. The van der Waals surface area contributed by atoms with Crippen LogP contribution in [-0.4, -0.2) is 10.9 Å². The second-order valence-electron chi connectivity index (χ2n) is 4.08. The van der Waals surface area contributed by atoms with Crippen LogP contribution >= 0.6 is 22.7 Å². The molecule has 96 valence electrons. The Morgan fingerprint density at radius 2 is 2.33 bits per heavy atom. The van der Waals surface area contributed by atoms with Crippen molar-refractivity contribution in [3.05, 3.63) is 38.5 Å². The van der Waals surface area contributed by atoms with Crippen LogP contribution in [0.5, 0.6) is 0 Å². The molecule has 1 unspecified atom stereocenters. The number of aryl methyl sites for hydroxylation is 1. The summed E-state index contributed by atoms with van der Waals surface area (Å²) < 4.78 is 0. The molecule has 0 bridgehead atoms. The average molecular weight is 280 g/mol. The molecule has 0 aromatic carbocycles. The Labute approximate surface area is 115 Å². The molecule has 2 aromatic rings. The highest BCUT2D eigenvalue weighted by atomic mass is 32.1. The van der Waals surface area contributed by atoms with Gasteiger partial charge in [0.15, 0.2) is 0 Å². The number of thiazole rings is 1. The summed E-state index contributed by atoms with van der Waals surface area (Å²) in [7, 11) is 0. The summed E-state index contributed by atoms with van der Waals surface area (Å²) in [6.07, 6.45) is 1.99. The fourth-order valence-corrected chi connectivity index (χ4v) is 3.17. The third-order valence-electron chi connectivity index (χ3n) is 2.62. The highest BCUT2D eigenvalue weighted by molar-refractivity contribution is 7.10. The summed E-state index contributed by atoms with van der Waals surface area (Å²) >= 11 is 3.18. The first-order chi connectivity index (χ1) is 8.70. The van der Waals surface area contributed by atoms with Gasteiger partial charge in [0.05, 0.1) is 11.0 Å². The van der Waals surface area contributed by atoms with Crippen LogP contribution in [0.25, 0.3) is 0 Å². The summed E-state index contributed by atoms with van der Waals surface area (Å²) in [6.45, 7) is 4.03. The molecule has 2 aromatic heterocycles. The van der Waals surface area contributed by atoms with E-state index >= 15 is 0 Å². The van der Waals surface area contributed by atoms with Gasteiger partial charge in [0, 0.05) is 10.3 Å². The molecule has 1 atom stereocenters. The van der Waals surface area contributed by atoms with Gasteiger partial charge in [0.2, 0.25) is 0 Å². The van der Waals surface area contributed by atoms with Crippen molar-refractivity contribution >= 4 is 28.6 Å². The first kappa shape index (κ1) is 13.2. The molecule has 0 saturated heterocycles. The van der Waals surface area contributed by atoms with Crippen molar-refractivity contribution in [3.63, 3.8) is 0 Å². The summed E-state index contributed by atoms with van der Waals surface area (Å²) in [4.78, 5) is 17.5. The predicted molar refractivity (Wildman–Crippen MR) is 76.3 cm³/mol. The van der Waals surface area contributed by atoms with E-state index < -0.39 is 0 Å². The van der Waals surface area contributed by atoms with Crippen LogP contribution in [0.3, 0.4) is 0 Å². The zero-order chi connectivity index (χ0) is 13.0. The maximum absolute atomic E-state index is 12.1. The number of hydrogen-bond acceptors (Lipinski definition) is 4. The van der Waals surface area contributed by atoms with Crippen LogP contribution in [-0.2, 0) is 0 Å². The zero-order valence-corrected chi connectivity index (χ0v) is 12.1. The van der Waals surface area contributed by atoms with E-state index in [0.29, 0.717) is 5.69 Å². The molecule has 0 aliphatic rings. The maximum Gasteiger partial charge on any atom is 0.271 e. The minimum atomic E-state index is -0.0776. The monoisotopic (exact) mass is 280 g/mol. The molecule has 2 heterocycles. The summed E-state index contributed by atoms with van der Waals surface area (Å²) in [5.41, 5.74) is 0.523. The normalized spacial score (nSPS) is 12.3. The van der Waals surface area contributed by atoms with Crippen molar-refractivity contribution < 1.29 is 4.79 Å². The van der Waals surface area contributed by atoms with Gasteiger partial charge in [-0.3, -0.25) is 4.79 Å². The number of carbonyl (C=O) groups excluding carboxylic acids is 1. The average Bonchev–Trinajstić information content (AvgIpc) is 2.98. The summed E-state index contributed by atoms with van der Waals surface area (Å²) in [5.74, 6) is -0.0776. The van der Waals surface area contributed by atoms with Gasteiger partial charge in [-0.25, -0.2) is 4.98 Å². The lowest BCUT2D eigenvalue weighted by molar-refractivity contribution is 0.0930. The van der Waals surface area contributed by atoms with E-state index in [1.807, 2.05) is 23.8 Å². The van der Waals surface area contributed by atoms with Crippen molar-refractivity contribution in [1.29, 1.82) is 0 Å². The van der Waals surface area contributed by atoms with E-state index in [0.717, 1.165) is 17.8 Å². The van der Waals surface area contributed by atoms with Crippen molar-refractivity contribution in [2.45, 2.75) is 32.7 Å². The summed E-state index contributed by atoms with van der Waals surface area (Å²) in [6, 6.07) is 4.18. The minimum absolute atomic E-state index is 0.0776. The SMILES string of the molecule is CCCC(NC(=O)c1csc(C)n1)c1cccs1. The molecular weight excluding hydrogens is 264 g/mol. The van der Waals surface area contributed by atoms with Crippen LogP contribution in [0.2, 0.25) is 0 Å². The van der Waals surface area contributed by atoms with Gasteiger partial charge < -0.3 is 5.32 Å². The molecule has 1 N–H and O–H groups in total. The first-order valence-corrected chi connectivity index (χ1v) is 7.73. The second-order valence-corrected chi connectivity index (χ2v) is 6.12. The van der Waals surface area contributed by atoms with E-state index in [2.05, 4.69) is 23.3 Å². The Hall–Kier alpha value is -1.20. The molecule has 3 nitrogen and oxygen atoms in total.